The number of aliphatic imine (C=N–C) groups is 2. The minimum atomic E-state index is -2.19. The Kier molecular flexibility index (Phi) is 1.45. The van der Waals surface area contributed by atoms with Crippen LogP contribution in [0.1, 0.15) is 0 Å². The number of aliphatic carboxylic acids is 2. The van der Waals surface area contributed by atoms with E-state index in [1.165, 1.54) is 0 Å². The van der Waals surface area contributed by atoms with Crippen LogP contribution in [0.25, 0.3) is 0 Å². The average Bonchev–Trinajstić information content (AvgIpc) is 2.34. The predicted octanol–water partition coefficient (Wildman–Crippen LogP) is -0.993. The van der Waals surface area contributed by atoms with Crippen LogP contribution in [0.4, 0.5) is 0 Å². The number of rotatable bonds is 2. The monoisotopic (exact) mass is 156 g/mol. The summed E-state index contributed by atoms with van der Waals surface area (Å²) < 4.78 is 0. The molecule has 0 amide bonds. The maximum Gasteiger partial charge on any atom is 0.349 e. The zero-order chi connectivity index (χ0) is 8.48. The second-order valence-corrected chi connectivity index (χ2v) is 1.90. The molecule has 0 spiro atoms. The normalized spacial score (nSPS) is 18.5. The van der Waals surface area contributed by atoms with E-state index in [1.54, 1.807) is 0 Å². The summed E-state index contributed by atoms with van der Waals surface area (Å²) in [5.41, 5.74) is -2.19. The average molecular weight is 156 g/mol. The molecule has 11 heavy (non-hydrogen) atoms. The van der Waals surface area contributed by atoms with Gasteiger partial charge in [-0.2, -0.15) is 0 Å². The first-order valence-electron chi connectivity index (χ1n) is 2.64. The number of carboxylic acids is 2. The number of carbonyl (C=O) groups is 2. The third kappa shape index (κ3) is 0.878. The van der Waals surface area contributed by atoms with E-state index in [0.717, 1.165) is 12.6 Å². The maximum absolute atomic E-state index is 10.4. The summed E-state index contributed by atoms with van der Waals surface area (Å²) >= 11 is 0. The lowest BCUT2D eigenvalue weighted by molar-refractivity contribution is -0.152. The van der Waals surface area contributed by atoms with Crippen LogP contribution < -0.4 is 0 Å². The van der Waals surface area contributed by atoms with Gasteiger partial charge in [-0.1, -0.05) is 0 Å². The molecule has 1 aliphatic rings. The van der Waals surface area contributed by atoms with Crippen molar-refractivity contribution >= 4 is 24.5 Å². The highest BCUT2D eigenvalue weighted by molar-refractivity contribution is 6.22. The summed E-state index contributed by atoms with van der Waals surface area (Å²) in [5.74, 6) is -3.08. The topological polar surface area (TPSA) is 99.3 Å². The number of hydrogen-bond acceptors (Lipinski definition) is 4. The van der Waals surface area contributed by atoms with Crippen molar-refractivity contribution in [1.82, 2.24) is 0 Å². The van der Waals surface area contributed by atoms with Crippen LogP contribution >= 0.6 is 0 Å². The zero-order valence-corrected chi connectivity index (χ0v) is 5.26. The molecule has 0 saturated heterocycles. The Bertz CT molecular complexity index is 240. The largest absolute Gasteiger partial charge is 0.479 e. The van der Waals surface area contributed by atoms with Gasteiger partial charge in [-0.3, -0.25) is 0 Å². The smallest absolute Gasteiger partial charge is 0.349 e. The van der Waals surface area contributed by atoms with E-state index in [0.29, 0.717) is 0 Å². The highest BCUT2D eigenvalue weighted by Crippen LogP contribution is 2.12. The van der Waals surface area contributed by atoms with Crippen LogP contribution in [0.3, 0.4) is 0 Å². The maximum atomic E-state index is 10.4. The summed E-state index contributed by atoms with van der Waals surface area (Å²) in [6.07, 6.45) is 1.68. The zero-order valence-electron chi connectivity index (χ0n) is 5.26. The van der Waals surface area contributed by atoms with Gasteiger partial charge in [0.05, 0.1) is 6.21 Å². The van der Waals surface area contributed by atoms with E-state index in [-0.39, 0.29) is 0 Å². The lowest BCUT2D eigenvalue weighted by atomic mass is 10.0. The van der Waals surface area contributed by atoms with Crippen molar-refractivity contribution in [3.63, 3.8) is 0 Å². The van der Waals surface area contributed by atoms with Crippen LogP contribution in [-0.4, -0.2) is 40.2 Å². The molecule has 2 N–H and O–H groups in total. The third-order valence-electron chi connectivity index (χ3n) is 1.24. The van der Waals surface area contributed by atoms with Crippen molar-refractivity contribution in [3.8, 4) is 0 Å². The van der Waals surface area contributed by atoms with Gasteiger partial charge in [-0.05, 0) is 0 Å². The van der Waals surface area contributed by atoms with Crippen LogP contribution in [0.5, 0.6) is 0 Å². The fourth-order valence-corrected chi connectivity index (χ4v) is 0.611. The Morgan fingerprint density at radius 3 is 2.00 bits per heavy atom. The number of nitrogens with zero attached hydrogens (tertiary/aromatic N) is 2. The minimum Gasteiger partial charge on any atom is -0.479 e. The van der Waals surface area contributed by atoms with Gasteiger partial charge >= 0.3 is 11.9 Å². The van der Waals surface area contributed by atoms with Gasteiger partial charge in [-0.15, -0.1) is 0 Å². The first-order valence-corrected chi connectivity index (χ1v) is 2.64. The summed E-state index contributed by atoms with van der Waals surface area (Å²) in [6.45, 7) is 0. The molecule has 6 heteroatoms. The van der Waals surface area contributed by atoms with E-state index in [4.69, 9.17) is 10.2 Å². The van der Waals surface area contributed by atoms with Crippen molar-refractivity contribution in [2.45, 2.75) is 5.54 Å². The van der Waals surface area contributed by atoms with E-state index in [9.17, 15) is 9.59 Å². The van der Waals surface area contributed by atoms with E-state index in [1.807, 2.05) is 0 Å². The first kappa shape index (κ1) is 7.39. The molecule has 6 nitrogen and oxygen atoms in total. The molecule has 0 aromatic rings. The van der Waals surface area contributed by atoms with Crippen LogP contribution in [0.15, 0.2) is 9.98 Å². The molecular formula is C5H4N2O4. The molecule has 0 unspecified atom stereocenters. The van der Waals surface area contributed by atoms with Crippen molar-refractivity contribution < 1.29 is 19.8 Å². The Balaban J connectivity index is 3.09. The Morgan fingerprint density at radius 2 is 1.82 bits per heavy atom. The molecular weight excluding hydrogens is 152 g/mol. The highest BCUT2D eigenvalue weighted by atomic mass is 16.4. The molecule has 0 aromatic heterocycles. The molecule has 1 heterocycles. The highest BCUT2D eigenvalue weighted by Gasteiger charge is 2.46. The molecule has 58 valence electrons. The fourth-order valence-electron chi connectivity index (χ4n) is 0.611. The van der Waals surface area contributed by atoms with Gasteiger partial charge in [-0.25, -0.2) is 19.6 Å². The molecule has 1 rings (SSSR count). The lowest BCUT2D eigenvalue weighted by Gasteiger charge is -2.09. The molecule has 0 bridgehead atoms. The second-order valence-electron chi connectivity index (χ2n) is 1.90. The van der Waals surface area contributed by atoms with Crippen LogP contribution in [0.2, 0.25) is 0 Å². The summed E-state index contributed by atoms with van der Waals surface area (Å²) in [4.78, 5) is 27.3. The van der Waals surface area contributed by atoms with E-state index in [2.05, 4.69) is 9.98 Å². The van der Waals surface area contributed by atoms with Crippen molar-refractivity contribution in [2.75, 3.05) is 0 Å². The summed E-state index contributed by atoms with van der Waals surface area (Å²) in [7, 11) is 0. The number of carboxylic acid groups (broad SMARTS) is 2. The predicted molar refractivity (Wildman–Crippen MR) is 35.0 cm³/mol. The minimum absolute atomic E-state index is 0.775. The molecule has 0 radical (unpaired) electrons. The van der Waals surface area contributed by atoms with Crippen LogP contribution in [0, 0.1) is 0 Å². The van der Waals surface area contributed by atoms with Crippen molar-refractivity contribution in [1.29, 1.82) is 0 Å². The summed E-state index contributed by atoms with van der Waals surface area (Å²) in [6, 6.07) is 0. The van der Waals surface area contributed by atoms with E-state index >= 15 is 0 Å². The molecule has 1 aliphatic heterocycles. The van der Waals surface area contributed by atoms with Crippen molar-refractivity contribution in [2.24, 2.45) is 9.98 Å². The van der Waals surface area contributed by atoms with Gasteiger partial charge in [0.15, 0.2) is 0 Å². The van der Waals surface area contributed by atoms with E-state index < -0.39 is 17.5 Å². The van der Waals surface area contributed by atoms with Gasteiger partial charge < -0.3 is 10.2 Å². The number of hydrogen-bond donors (Lipinski definition) is 2. The van der Waals surface area contributed by atoms with Crippen LogP contribution in [-0.2, 0) is 9.59 Å². The molecule has 0 fully saturated rings. The molecule has 0 atom stereocenters. The first-order chi connectivity index (χ1) is 5.09. The van der Waals surface area contributed by atoms with Gasteiger partial charge in [0, 0.05) is 0 Å². The Morgan fingerprint density at radius 1 is 1.27 bits per heavy atom. The SMILES string of the molecule is O=C(O)C1(C(=O)O)C=NC=N1. The fraction of sp³-hybridized carbons (Fsp3) is 0.200. The van der Waals surface area contributed by atoms with Gasteiger partial charge in [0.1, 0.15) is 6.34 Å². The molecule has 0 aromatic carbocycles. The Hall–Kier alpha value is -1.72. The van der Waals surface area contributed by atoms with Gasteiger partial charge in [0.2, 0.25) is 0 Å². The molecule has 0 saturated carbocycles. The third-order valence-corrected chi connectivity index (χ3v) is 1.24. The quantitative estimate of drug-likeness (QED) is 0.501. The second kappa shape index (κ2) is 2.15. The summed E-state index contributed by atoms with van der Waals surface area (Å²) in [5, 5.41) is 16.9. The van der Waals surface area contributed by atoms with Gasteiger partial charge in [0.25, 0.3) is 5.54 Å². The Labute approximate surface area is 60.9 Å². The standard InChI is InChI=1S/C5H4N2O4/c8-3(9)5(4(10)11)1-6-2-7-5/h1-2H,(H,8,9)(H,10,11). The lowest BCUT2D eigenvalue weighted by Crippen LogP contribution is -2.45. The molecule has 0 aliphatic carbocycles. The van der Waals surface area contributed by atoms with Crippen molar-refractivity contribution in [3.05, 3.63) is 0 Å².